The van der Waals surface area contributed by atoms with E-state index in [0.717, 1.165) is 17.0 Å². The maximum absolute atomic E-state index is 13.0. The highest BCUT2D eigenvalue weighted by Crippen LogP contribution is 2.18. The minimum absolute atomic E-state index is 0.211. The third-order valence-corrected chi connectivity index (χ3v) is 4.94. The fourth-order valence-corrected chi connectivity index (χ4v) is 3.40. The molecule has 4 aromatic rings. The van der Waals surface area contributed by atoms with Crippen LogP contribution in [0.2, 0.25) is 5.02 Å². The number of halogens is 1. The lowest BCUT2D eigenvalue weighted by Crippen LogP contribution is -2.31. The van der Waals surface area contributed by atoms with Gasteiger partial charge < -0.3 is 5.32 Å². The van der Waals surface area contributed by atoms with Crippen molar-refractivity contribution < 1.29 is 4.79 Å². The first-order valence-electron chi connectivity index (χ1n) is 9.67. The van der Waals surface area contributed by atoms with Gasteiger partial charge >= 0.3 is 0 Å². The Morgan fingerprint density at radius 1 is 1.03 bits per heavy atom. The second-order valence-electron chi connectivity index (χ2n) is 7.13. The van der Waals surface area contributed by atoms with Gasteiger partial charge in [-0.2, -0.15) is 5.10 Å². The van der Waals surface area contributed by atoms with Crippen molar-refractivity contribution >= 4 is 23.2 Å². The van der Waals surface area contributed by atoms with E-state index < -0.39 is 0 Å². The van der Waals surface area contributed by atoms with Crippen LogP contribution in [0.3, 0.4) is 0 Å². The number of aromatic nitrogens is 4. The van der Waals surface area contributed by atoms with Crippen molar-refractivity contribution in [3.05, 3.63) is 93.5 Å². The van der Waals surface area contributed by atoms with Crippen molar-refractivity contribution in [2.24, 2.45) is 0 Å². The molecular weight excluding hydrogens is 414 g/mol. The van der Waals surface area contributed by atoms with Gasteiger partial charge in [0.15, 0.2) is 0 Å². The van der Waals surface area contributed by atoms with Gasteiger partial charge in [-0.1, -0.05) is 41.9 Å². The zero-order valence-electron chi connectivity index (χ0n) is 17.0. The first-order chi connectivity index (χ1) is 14.9. The van der Waals surface area contributed by atoms with Crippen molar-refractivity contribution in [3.8, 4) is 17.2 Å². The van der Waals surface area contributed by atoms with Crippen molar-refractivity contribution in [1.29, 1.82) is 0 Å². The molecule has 0 saturated carbocycles. The van der Waals surface area contributed by atoms with Crippen LogP contribution < -0.4 is 10.9 Å². The molecule has 0 bridgehead atoms. The number of nitrogens with one attached hydrogen (secondary N) is 1. The molecule has 0 saturated heterocycles. The quantitative estimate of drug-likeness (QED) is 0.515. The number of aryl methyl sites for hydroxylation is 2. The van der Waals surface area contributed by atoms with Gasteiger partial charge in [-0.3, -0.25) is 14.2 Å². The zero-order chi connectivity index (χ0) is 22.0. The number of nitrogens with zero attached hydrogens (tertiary/aromatic N) is 4. The van der Waals surface area contributed by atoms with Crippen molar-refractivity contribution in [2.75, 3.05) is 5.32 Å². The number of carbonyl (C=O) groups is 1. The van der Waals surface area contributed by atoms with Crippen LogP contribution in [0.4, 0.5) is 5.69 Å². The van der Waals surface area contributed by atoms with Gasteiger partial charge in [-0.05, 0) is 44.2 Å². The van der Waals surface area contributed by atoms with E-state index in [1.807, 2.05) is 50.2 Å². The summed E-state index contributed by atoms with van der Waals surface area (Å²) in [7, 11) is 0. The van der Waals surface area contributed by atoms with E-state index in [0.29, 0.717) is 16.4 Å². The molecule has 2 heterocycles. The Morgan fingerprint density at radius 2 is 1.74 bits per heavy atom. The predicted octanol–water partition coefficient (Wildman–Crippen LogP) is 4.00. The molecule has 156 valence electrons. The number of carbonyl (C=O) groups excluding carboxylic acids is 1. The molecule has 31 heavy (non-hydrogen) atoms. The number of benzene rings is 2. The van der Waals surface area contributed by atoms with Gasteiger partial charge in [0.25, 0.3) is 5.56 Å². The standard InChI is InChI=1S/C23H20ClN5O2/c1-15-12-16(2)29(27-15)23-26-20(17-6-4-3-5-7-17)13-22(31)28(23)14-21(30)25-19-10-8-18(24)9-11-19/h3-13H,14H2,1-2H3,(H,25,30). The Bertz CT molecular complexity index is 1290. The van der Waals surface area contributed by atoms with Crippen LogP contribution in [0.25, 0.3) is 17.2 Å². The normalized spacial score (nSPS) is 10.8. The minimum atomic E-state index is -0.360. The molecule has 0 spiro atoms. The average molecular weight is 434 g/mol. The minimum Gasteiger partial charge on any atom is -0.325 e. The van der Waals surface area contributed by atoms with Crippen molar-refractivity contribution in [1.82, 2.24) is 19.3 Å². The van der Waals surface area contributed by atoms with Gasteiger partial charge in [-0.25, -0.2) is 9.67 Å². The van der Waals surface area contributed by atoms with Crippen LogP contribution in [0, 0.1) is 13.8 Å². The molecule has 2 aromatic carbocycles. The largest absolute Gasteiger partial charge is 0.325 e. The Labute approximate surface area is 183 Å². The maximum atomic E-state index is 13.0. The first-order valence-corrected chi connectivity index (χ1v) is 10.0. The lowest BCUT2D eigenvalue weighted by atomic mass is 10.1. The topological polar surface area (TPSA) is 81.8 Å². The van der Waals surface area contributed by atoms with Gasteiger partial charge in [0.2, 0.25) is 11.9 Å². The van der Waals surface area contributed by atoms with E-state index in [1.165, 1.54) is 10.6 Å². The summed E-state index contributed by atoms with van der Waals surface area (Å²) in [6, 6.07) is 19.5. The van der Waals surface area contributed by atoms with Gasteiger partial charge in [0.1, 0.15) is 6.54 Å². The van der Waals surface area contributed by atoms with Crippen LogP contribution in [0.15, 0.2) is 71.5 Å². The Kier molecular flexibility index (Phi) is 5.68. The summed E-state index contributed by atoms with van der Waals surface area (Å²) in [5.41, 5.74) is 3.16. The highest BCUT2D eigenvalue weighted by Gasteiger charge is 2.17. The summed E-state index contributed by atoms with van der Waals surface area (Å²) in [6.45, 7) is 3.52. The lowest BCUT2D eigenvalue weighted by molar-refractivity contribution is -0.116. The molecule has 0 radical (unpaired) electrons. The number of hydrogen-bond donors (Lipinski definition) is 1. The third kappa shape index (κ3) is 4.57. The van der Waals surface area contributed by atoms with Crippen LogP contribution in [0.1, 0.15) is 11.4 Å². The Morgan fingerprint density at radius 3 is 2.39 bits per heavy atom. The lowest BCUT2D eigenvalue weighted by Gasteiger charge is -2.14. The molecule has 2 aromatic heterocycles. The predicted molar refractivity (Wildman–Crippen MR) is 121 cm³/mol. The van der Waals surface area contributed by atoms with E-state index in [4.69, 9.17) is 11.6 Å². The first kappa shape index (κ1) is 20.6. The second-order valence-corrected chi connectivity index (χ2v) is 7.56. The Balaban J connectivity index is 1.75. The smallest absolute Gasteiger partial charge is 0.256 e. The van der Waals surface area contributed by atoms with Crippen LogP contribution in [-0.2, 0) is 11.3 Å². The summed E-state index contributed by atoms with van der Waals surface area (Å²) in [4.78, 5) is 30.4. The van der Waals surface area contributed by atoms with Crippen molar-refractivity contribution in [2.45, 2.75) is 20.4 Å². The van der Waals surface area contributed by atoms with Gasteiger partial charge in [-0.15, -0.1) is 0 Å². The molecule has 0 unspecified atom stereocenters. The molecule has 7 nitrogen and oxygen atoms in total. The molecule has 8 heteroatoms. The molecule has 0 aliphatic carbocycles. The number of rotatable bonds is 5. The van der Waals surface area contributed by atoms with Crippen LogP contribution >= 0.6 is 11.6 Å². The molecule has 1 N–H and O–H groups in total. The van der Waals surface area contributed by atoms with E-state index in [9.17, 15) is 9.59 Å². The third-order valence-electron chi connectivity index (χ3n) is 4.69. The molecule has 0 atom stereocenters. The van der Waals surface area contributed by atoms with E-state index in [1.54, 1.807) is 28.9 Å². The number of anilines is 1. The maximum Gasteiger partial charge on any atom is 0.256 e. The van der Waals surface area contributed by atoms with Crippen LogP contribution in [0.5, 0.6) is 0 Å². The molecule has 0 aliphatic rings. The summed E-state index contributed by atoms with van der Waals surface area (Å²) in [6.07, 6.45) is 0. The summed E-state index contributed by atoms with van der Waals surface area (Å²) in [5, 5.41) is 7.81. The fraction of sp³-hybridized carbons (Fsp3) is 0.130. The molecule has 0 fully saturated rings. The highest BCUT2D eigenvalue weighted by atomic mass is 35.5. The fourth-order valence-electron chi connectivity index (χ4n) is 3.27. The summed E-state index contributed by atoms with van der Waals surface area (Å²) >= 11 is 5.89. The summed E-state index contributed by atoms with van der Waals surface area (Å²) in [5.74, 6) is -0.0790. The van der Waals surface area contributed by atoms with Gasteiger partial charge in [0, 0.05) is 28.0 Å². The molecule has 4 rings (SSSR count). The molecular formula is C23H20ClN5O2. The monoisotopic (exact) mass is 433 g/mol. The zero-order valence-corrected chi connectivity index (χ0v) is 17.8. The molecule has 1 amide bonds. The SMILES string of the molecule is Cc1cc(C)n(-c2nc(-c3ccccc3)cc(=O)n2CC(=O)Nc2ccc(Cl)cc2)n1. The van der Waals surface area contributed by atoms with Crippen molar-refractivity contribution in [3.63, 3.8) is 0 Å². The van der Waals surface area contributed by atoms with Gasteiger partial charge in [0.05, 0.1) is 11.4 Å². The highest BCUT2D eigenvalue weighted by molar-refractivity contribution is 6.30. The number of amides is 1. The average Bonchev–Trinajstić information content (AvgIpc) is 3.09. The van der Waals surface area contributed by atoms with Crippen LogP contribution in [-0.4, -0.2) is 25.2 Å². The second kappa shape index (κ2) is 8.57. The summed E-state index contributed by atoms with van der Waals surface area (Å²) < 4.78 is 2.90. The van der Waals surface area contributed by atoms with E-state index in [-0.39, 0.29) is 24.0 Å². The molecule has 0 aliphatic heterocycles. The van der Waals surface area contributed by atoms with E-state index >= 15 is 0 Å². The number of hydrogen-bond acceptors (Lipinski definition) is 4. The Hall–Kier alpha value is -3.71. The van der Waals surface area contributed by atoms with E-state index in [2.05, 4.69) is 15.4 Å².